The Hall–Kier alpha value is -0.690. The van der Waals surface area contributed by atoms with Gasteiger partial charge in [0, 0.05) is 25.7 Å². The number of sulfonamides is 1. The van der Waals surface area contributed by atoms with Crippen LogP contribution in [0.3, 0.4) is 0 Å². The van der Waals surface area contributed by atoms with Gasteiger partial charge < -0.3 is 5.32 Å². The molecule has 7 heteroatoms. The third-order valence-corrected chi connectivity index (χ3v) is 5.75. The number of benzene rings is 1. The van der Waals surface area contributed by atoms with Crippen LogP contribution in [0, 0.1) is 19.7 Å². The number of halogens is 2. The zero-order valence-electron chi connectivity index (χ0n) is 11.8. The topological polar surface area (TPSA) is 49.4 Å². The van der Waals surface area contributed by atoms with E-state index in [1.165, 1.54) is 16.4 Å². The minimum absolute atomic E-state index is 0. The van der Waals surface area contributed by atoms with E-state index in [9.17, 15) is 12.8 Å². The molecule has 1 aromatic rings. The molecule has 1 aliphatic rings. The fourth-order valence-corrected chi connectivity index (χ4v) is 4.65. The first-order chi connectivity index (χ1) is 8.84. The molecule has 1 fully saturated rings. The monoisotopic (exact) mass is 322 g/mol. The summed E-state index contributed by atoms with van der Waals surface area (Å²) in [5, 5.41) is 3.16. The Labute approximate surface area is 125 Å². The minimum atomic E-state index is -3.56. The highest BCUT2D eigenvalue weighted by atomic mass is 35.5. The molecule has 0 aliphatic carbocycles. The molecular formula is C13H20ClFN2O2S. The van der Waals surface area contributed by atoms with Crippen LogP contribution in [0.2, 0.25) is 0 Å². The van der Waals surface area contributed by atoms with Crippen LogP contribution in [0.25, 0.3) is 0 Å². The van der Waals surface area contributed by atoms with E-state index >= 15 is 0 Å². The highest BCUT2D eigenvalue weighted by Gasteiger charge is 2.33. The van der Waals surface area contributed by atoms with Gasteiger partial charge in [0.15, 0.2) is 0 Å². The second kappa shape index (κ2) is 6.39. The molecule has 0 unspecified atom stereocenters. The van der Waals surface area contributed by atoms with Gasteiger partial charge in [-0.2, -0.15) is 4.31 Å². The lowest BCUT2D eigenvalue weighted by molar-refractivity contribution is 0.283. The van der Waals surface area contributed by atoms with E-state index in [0.29, 0.717) is 30.8 Å². The number of rotatable bonds is 2. The van der Waals surface area contributed by atoms with Crippen molar-refractivity contribution >= 4 is 22.4 Å². The van der Waals surface area contributed by atoms with Gasteiger partial charge in [-0.15, -0.1) is 12.4 Å². The van der Waals surface area contributed by atoms with E-state index < -0.39 is 15.8 Å². The van der Waals surface area contributed by atoms with E-state index in [1.54, 1.807) is 13.8 Å². The average Bonchev–Trinajstić information content (AvgIpc) is 2.27. The summed E-state index contributed by atoms with van der Waals surface area (Å²) in [5.41, 5.74) is 0.923. The van der Waals surface area contributed by atoms with Crippen LogP contribution in [0.4, 0.5) is 4.39 Å². The Balaban J connectivity index is 0.00000200. The third-order valence-electron chi connectivity index (χ3n) is 3.43. The molecule has 1 aliphatic heterocycles. The van der Waals surface area contributed by atoms with Crippen molar-refractivity contribution < 1.29 is 12.8 Å². The van der Waals surface area contributed by atoms with Crippen molar-refractivity contribution in [2.45, 2.75) is 31.7 Å². The first kappa shape index (κ1) is 17.4. The molecule has 0 aromatic heterocycles. The lowest BCUT2D eigenvalue weighted by Gasteiger charge is -2.33. The molecule has 1 atom stereocenters. The van der Waals surface area contributed by atoms with Crippen molar-refractivity contribution in [2.24, 2.45) is 0 Å². The summed E-state index contributed by atoms with van der Waals surface area (Å²) < 4.78 is 40.2. The van der Waals surface area contributed by atoms with Crippen LogP contribution >= 0.6 is 12.4 Å². The van der Waals surface area contributed by atoms with Crippen molar-refractivity contribution in [3.05, 3.63) is 29.1 Å². The quantitative estimate of drug-likeness (QED) is 0.904. The number of hydrogen-bond acceptors (Lipinski definition) is 3. The molecule has 20 heavy (non-hydrogen) atoms. The van der Waals surface area contributed by atoms with Gasteiger partial charge in [0.05, 0.1) is 4.90 Å². The molecule has 1 saturated heterocycles. The minimum Gasteiger partial charge on any atom is -0.314 e. The van der Waals surface area contributed by atoms with Crippen LogP contribution < -0.4 is 5.32 Å². The smallest absolute Gasteiger partial charge is 0.243 e. The summed E-state index contributed by atoms with van der Waals surface area (Å²) in [6, 6.07) is 2.45. The molecule has 2 rings (SSSR count). The summed E-state index contributed by atoms with van der Waals surface area (Å²) in [7, 11) is -3.56. The highest BCUT2D eigenvalue weighted by Crippen LogP contribution is 2.26. The Kier molecular flexibility index (Phi) is 5.54. The summed E-state index contributed by atoms with van der Waals surface area (Å²) in [6.07, 6.45) is 0. The normalized spacial score (nSPS) is 20.5. The number of nitrogens with one attached hydrogen (secondary N) is 1. The van der Waals surface area contributed by atoms with Gasteiger partial charge in [-0.05, 0) is 44.0 Å². The second-order valence-electron chi connectivity index (χ2n) is 5.04. The number of nitrogens with zero attached hydrogens (tertiary/aromatic N) is 1. The fourth-order valence-electron chi connectivity index (χ4n) is 2.60. The average molecular weight is 323 g/mol. The molecule has 1 heterocycles. The van der Waals surface area contributed by atoms with Gasteiger partial charge in [0.1, 0.15) is 5.82 Å². The Morgan fingerprint density at radius 2 is 1.85 bits per heavy atom. The maximum Gasteiger partial charge on any atom is 0.243 e. The molecular weight excluding hydrogens is 303 g/mol. The van der Waals surface area contributed by atoms with Gasteiger partial charge in [-0.1, -0.05) is 0 Å². The fraction of sp³-hybridized carbons (Fsp3) is 0.538. The van der Waals surface area contributed by atoms with Gasteiger partial charge in [0.25, 0.3) is 0 Å². The summed E-state index contributed by atoms with van der Waals surface area (Å²) in [5.74, 6) is -0.401. The van der Waals surface area contributed by atoms with Crippen molar-refractivity contribution in [1.29, 1.82) is 0 Å². The summed E-state index contributed by atoms with van der Waals surface area (Å²) in [4.78, 5) is 0.239. The zero-order valence-corrected chi connectivity index (χ0v) is 13.4. The maximum absolute atomic E-state index is 13.3. The molecule has 0 amide bonds. The van der Waals surface area contributed by atoms with Crippen LogP contribution in [-0.4, -0.2) is 38.4 Å². The maximum atomic E-state index is 13.3. The van der Waals surface area contributed by atoms with Crippen molar-refractivity contribution in [3.63, 3.8) is 0 Å². The third kappa shape index (κ3) is 3.14. The Morgan fingerprint density at radius 1 is 1.30 bits per heavy atom. The number of aryl methyl sites for hydroxylation is 2. The summed E-state index contributed by atoms with van der Waals surface area (Å²) in [6.45, 7) is 6.87. The van der Waals surface area contributed by atoms with Crippen LogP contribution in [0.5, 0.6) is 0 Å². The summed E-state index contributed by atoms with van der Waals surface area (Å²) >= 11 is 0. The van der Waals surface area contributed by atoms with Crippen LogP contribution in [0.1, 0.15) is 18.1 Å². The van der Waals surface area contributed by atoms with Gasteiger partial charge in [0.2, 0.25) is 10.0 Å². The first-order valence-electron chi connectivity index (χ1n) is 6.33. The van der Waals surface area contributed by atoms with Gasteiger partial charge in [-0.25, -0.2) is 12.8 Å². The van der Waals surface area contributed by atoms with E-state index in [-0.39, 0.29) is 23.3 Å². The van der Waals surface area contributed by atoms with Gasteiger partial charge >= 0.3 is 0 Å². The SMILES string of the molecule is Cc1cc(F)cc(C)c1S(=O)(=O)N1CCNC[C@@H]1C.Cl. The first-order valence-corrected chi connectivity index (χ1v) is 7.77. The standard InChI is InChI=1S/C13H19FN2O2S.ClH/c1-9-6-12(14)7-10(2)13(9)19(17,18)16-5-4-15-8-11(16)3;/h6-7,11,15H,4-5,8H2,1-3H3;1H/t11-;/m0./s1. The van der Waals surface area contributed by atoms with E-state index in [4.69, 9.17) is 0 Å². The van der Waals surface area contributed by atoms with Gasteiger partial charge in [-0.3, -0.25) is 0 Å². The highest BCUT2D eigenvalue weighted by molar-refractivity contribution is 7.89. The van der Waals surface area contributed by atoms with E-state index in [0.717, 1.165) is 0 Å². The number of piperazine rings is 1. The molecule has 1 N–H and O–H groups in total. The molecule has 114 valence electrons. The van der Waals surface area contributed by atoms with Crippen molar-refractivity contribution in [3.8, 4) is 0 Å². The lowest BCUT2D eigenvalue weighted by atomic mass is 10.1. The Morgan fingerprint density at radius 3 is 2.35 bits per heavy atom. The van der Waals surface area contributed by atoms with Crippen LogP contribution in [0.15, 0.2) is 17.0 Å². The molecule has 0 radical (unpaired) electrons. The van der Waals surface area contributed by atoms with Crippen LogP contribution in [-0.2, 0) is 10.0 Å². The van der Waals surface area contributed by atoms with E-state index in [1.807, 2.05) is 6.92 Å². The predicted molar refractivity (Wildman–Crippen MR) is 79.3 cm³/mol. The molecule has 1 aromatic carbocycles. The lowest BCUT2D eigenvalue weighted by Crippen LogP contribution is -2.52. The van der Waals surface area contributed by atoms with Crippen molar-refractivity contribution in [2.75, 3.05) is 19.6 Å². The predicted octanol–water partition coefficient (Wildman–Crippen LogP) is 1.85. The Bertz CT molecular complexity index is 569. The van der Waals surface area contributed by atoms with E-state index in [2.05, 4.69) is 5.32 Å². The number of hydrogen-bond donors (Lipinski definition) is 1. The molecule has 0 saturated carbocycles. The largest absolute Gasteiger partial charge is 0.314 e. The molecule has 4 nitrogen and oxygen atoms in total. The zero-order chi connectivity index (χ0) is 14.2. The second-order valence-corrected chi connectivity index (χ2v) is 6.87. The van der Waals surface area contributed by atoms with Crippen molar-refractivity contribution in [1.82, 2.24) is 9.62 Å². The molecule has 0 bridgehead atoms. The molecule has 0 spiro atoms.